The molecule has 0 aliphatic carbocycles. The number of fused-ring (bicyclic) bond motifs is 1. The second-order valence-corrected chi connectivity index (χ2v) is 9.37. The fraction of sp³-hybridized carbons (Fsp3) is 0.400. The van der Waals surface area contributed by atoms with Gasteiger partial charge in [0.15, 0.2) is 5.82 Å². The number of hydrogen-bond donors (Lipinski definition) is 1. The van der Waals surface area contributed by atoms with Crippen LogP contribution < -0.4 is 5.73 Å². The molecule has 4 heterocycles. The predicted octanol–water partition coefficient (Wildman–Crippen LogP) is 1.85. The van der Waals surface area contributed by atoms with E-state index in [4.69, 9.17) is 5.73 Å². The summed E-state index contributed by atoms with van der Waals surface area (Å²) < 4.78 is 14.7. The molecule has 182 valence electrons. The number of nitrogens with zero attached hydrogens (tertiary/aromatic N) is 6. The second kappa shape index (κ2) is 9.53. The van der Waals surface area contributed by atoms with E-state index in [2.05, 4.69) is 20.0 Å². The lowest BCUT2D eigenvalue weighted by atomic mass is 10.0. The maximum Gasteiger partial charge on any atom is 0.268 e. The molecule has 2 saturated heterocycles. The van der Waals surface area contributed by atoms with Gasteiger partial charge in [-0.3, -0.25) is 14.6 Å². The Hall–Kier alpha value is -3.66. The molecule has 10 heteroatoms. The summed E-state index contributed by atoms with van der Waals surface area (Å²) in [4.78, 5) is 38.3. The average Bonchev–Trinajstić information content (AvgIpc) is 3.50. The fourth-order valence-corrected chi connectivity index (χ4v) is 5.37. The molecule has 9 nitrogen and oxygen atoms in total. The molecule has 1 unspecified atom stereocenters. The first-order chi connectivity index (χ1) is 16.9. The SMILES string of the molecule is Cc1nn(-c2cnccn2)c(C(N)=O)c1C(=O)N1CC2CN(CCCc3cccc(F)c3)C[C@H]2C1. The lowest BCUT2D eigenvalue weighted by Gasteiger charge is -2.22. The third-order valence-electron chi connectivity index (χ3n) is 6.95. The van der Waals surface area contributed by atoms with E-state index < -0.39 is 5.91 Å². The molecule has 35 heavy (non-hydrogen) atoms. The van der Waals surface area contributed by atoms with Crippen LogP contribution in [-0.4, -0.2) is 74.1 Å². The minimum atomic E-state index is -0.733. The highest BCUT2D eigenvalue weighted by Gasteiger charge is 2.42. The number of aryl methyl sites for hydroxylation is 2. The van der Waals surface area contributed by atoms with Crippen molar-refractivity contribution in [3.05, 3.63) is 71.2 Å². The highest BCUT2D eigenvalue weighted by Crippen LogP contribution is 2.33. The number of rotatable bonds is 7. The van der Waals surface area contributed by atoms with E-state index in [9.17, 15) is 14.0 Å². The van der Waals surface area contributed by atoms with Crippen LogP contribution in [0.1, 0.15) is 38.5 Å². The molecular formula is C25H28FN7O2. The van der Waals surface area contributed by atoms with E-state index in [0.717, 1.165) is 38.0 Å². The number of carbonyl (C=O) groups excluding carboxylic acids is 2. The Morgan fingerprint density at radius 2 is 1.91 bits per heavy atom. The van der Waals surface area contributed by atoms with Gasteiger partial charge in [-0.15, -0.1) is 0 Å². The van der Waals surface area contributed by atoms with Crippen LogP contribution in [-0.2, 0) is 6.42 Å². The van der Waals surface area contributed by atoms with Crippen molar-refractivity contribution in [2.45, 2.75) is 19.8 Å². The number of halogens is 1. The summed E-state index contributed by atoms with van der Waals surface area (Å²) in [5.74, 6) is -0.0431. The molecule has 5 rings (SSSR count). The number of hydrogen-bond acceptors (Lipinski definition) is 6. The van der Waals surface area contributed by atoms with Gasteiger partial charge in [0.2, 0.25) is 0 Å². The lowest BCUT2D eigenvalue weighted by molar-refractivity contribution is 0.0767. The number of nitrogens with two attached hydrogens (primary N) is 1. The van der Waals surface area contributed by atoms with Crippen molar-refractivity contribution >= 4 is 11.8 Å². The summed E-state index contributed by atoms with van der Waals surface area (Å²) in [6.07, 6.45) is 6.29. The number of benzene rings is 1. The van der Waals surface area contributed by atoms with E-state index in [0.29, 0.717) is 36.4 Å². The molecule has 3 aromatic rings. The van der Waals surface area contributed by atoms with Crippen LogP contribution >= 0.6 is 0 Å². The summed E-state index contributed by atoms with van der Waals surface area (Å²) in [5.41, 5.74) is 7.38. The first kappa shape index (κ1) is 23.1. The van der Waals surface area contributed by atoms with E-state index in [-0.39, 0.29) is 23.0 Å². The molecule has 2 atom stereocenters. The van der Waals surface area contributed by atoms with E-state index >= 15 is 0 Å². The molecule has 2 amide bonds. The van der Waals surface area contributed by atoms with Crippen LogP contribution in [0, 0.1) is 24.6 Å². The second-order valence-electron chi connectivity index (χ2n) is 9.37. The first-order valence-corrected chi connectivity index (χ1v) is 11.8. The number of amides is 2. The molecule has 2 fully saturated rings. The van der Waals surface area contributed by atoms with Gasteiger partial charge in [-0.05, 0) is 55.8 Å². The molecule has 2 aliphatic heterocycles. The molecule has 0 bridgehead atoms. The molecule has 0 radical (unpaired) electrons. The smallest absolute Gasteiger partial charge is 0.268 e. The van der Waals surface area contributed by atoms with E-state index in [1.54, 1.807) is 19.1 Å². The van der Waals surface area contributed by atoms with Crippen molar-refractivity contribution in [3.63, 3.8) is 0 Å². The third-order valence-corrected chi connectivity index (χ3v) is 6.95. The van der Waals surface area contributed by atoms with Crippen LogP contribution in [0.2, 0.25) is 0 Å². The molecule has 0 saturated carbocycles. The Kier molecular flexibility index (Phi) is 6.29. The van der Waals surface area contributed by atoms with E-state index in [1.807, 2.05) is 11.0 Å². The van der Waals surface area contributed by atoms with Gasteiger partial charge >= 0.3 is 0 Å². The van der Waals surface area contributed by atoms with Crippen molar-refractivity contribution in [2.75, 3.05) is 32.7 Å². The number of aromatic nitrogens is 4. The van der Waals surface area contributed by atoms with Crippen molar-refractivity contribution < 1.29 is 14.0 Å². The average molecular weight is 478 g/mol. The zero-order chi connectivity index (χ0) is 24.5. The Morgan fingerprint density at radius 1 is 1.14 bits per heavy atom. The summed E-state index contributed by atoms with van der Waals surface area (Å²) in [7, 11) is 0. The van der Waals surface area contributed by atoms with Crippen LogP contribution in [0.25, 0.3) is 5.82 Å². The maximum absolute atomic E-state index is 13.5. The fourth-order valence-electron chi connectivity index (χ4n) is 5.37. The van der Waals surface area contributed by atoms with Crippen LogP contribution in [0.5, 0.6) is 0 Å². The molecular weight excluding hydrogens is 449 g/mol. The minimum Gasteiger partial charge on any atom is -0.364 e. The first-order valence-electron chi connectivity index (χ1n) is 11.8. The highest BCUT2D eigenvalue weighted by molar-refractivity contribution is 6.06. The van der Waals surface area contributed by atoms with Gasteiger partial charge in [0.05, 0.1) is 17.5 Å². The zero-order valence-corrected chi connectivity index (χ0v) is 19.6. The Bertz CT molecular complexity index is 1230. The maximum atomic E-state index is 13.5. The number of carbonyl (C=O) groups is 2. The van der Waals surface area contributed by atoms with E-state index in [1.165, 1.54) is 29.3 Å². The molecule has 2 aromatic heterocycles. The number of likely N-dealkylation sites (tertiary alicyclic amines) is 2. The highest BCUT2D eigenvalue weighted by atomic mass is 19.1. The Morgan fingerprint density at radius 3 is 2.57 bits per heavy atom. The molecule has 1 aromatic carbocycles. The normalized spacial score (nSPS) is 19.8. The zero-order valence-electron chi connectivity index (χ0n) is 19.6. The van der Waals surface area contributed by atoms with Crippen LogP contribution in [0.15, 0.2) is 42.9 Å². The topological polar surface area (TPSA) is 110 Å². The Balaban J connectivity index is 1.23. The van der Waals surface area contributed by atoms with Gasteiger partial charge in [0.1, 0.15) is 11.5 Å². The van der Waals surface area contributed by atoms with Crippen molar-refractivity contribution in [2.24, 2.45) is 17.6 Å². The summed E-state index contributed by atoms with van der Waals surface area (Å²) in [6.45, 7) is 5.78. The summed E-state index contributed by atoms with van der Waals surface area (Å²) in [6, 6.07) is 6.77. The van der Waals surface area contributed by atoms with Crippen LogP contribution in [0.3, 0.4) is 0 Å². The minimum absolute atomic E-state index is 0.0315. The molecule has 0 spiro atoms. The van der Waals surface area contributed by atoms with Crippen molar-refractivity contribution in [3.8, 4) is 5.82 Å². The lowest BCUT2D eigenvalue weighted by Crippen LogP contribution is -2.35. The van der Waals surface area contributed by atoms with Crippen molar-refractivity contribution in [1.82, 2.24) is 29.5 Å². The number of primary amides is 1. The van der Waals surface area contributed by atoms with Crippen molar-refractivity contribution in [1.29, 1.82) is 0 Å². The Labute approximate surface area is 202 Å². The standard InChI is InChI=1S/C25H28FN7O2/c1-16-22(23(24(27)34)33(30-16)21-11-28-7-8-29-21)25(35)32-14-18-12-31(13-19(18)15-32)9-3-5-17-4-2-6-20(26)10-17/h2,4,6-8,10-11,18-19H,3,5,9,12-15H2,1H3,(H2,27,34)/t18-,19?/m0/s1. The predicted molar refractivity (Wildman–Crippen MR) is 126 cm³/mol. The van der Waals surface area contributed by atoms with Crippen LogP contribution in [0.4, 0.5) is 4.39 Å². The molecule has 2 N–H and O–H groups in total. The van der Waals surface area contributed by atoms with Gasteiger partial charge in [-0.25, -0.2) is 14.1 Å². The summed E-state index contributed by atoms with van der Waals surface area (Å²) in [5, 5.41) is 4.38. The van der Waals surface area contributed by atoms with Gasteiger partial charge in [-0.2, -0.15) is 5.10 Å². The quantitative estimate of drug-likeness (QED) is 0.556. The molecule has 2 aliphatic rings. The van der Waals surface area contributed by atoms with Gasteiger partial charge < -0.3 is 15.5 Å². The monoisotopic (exact) mass is 477 g/mol. The summed E-state index contributed by atoms with van der Waals surface area (Å²) >= 11 is 0. The van der Waals surface area contributed by atoms with Gasteiger partial charge in [0, 0.05) is 38.6 Å². The van der Waals surface area contributed by atoms with Gasteiger partial charge in [-0.1, -0.05) is 12.1 Å². The third kappa shape index (κ3) is 4.66. The van der Waals surface area contributed by atoms with Gasteiger partial charge in [0.25, 0.3) is 11.8 Å². The largest absolute Gasteiger partial charge is 0.364 e.